The van der Waals surface area contributed by atoms with Crippen LogP contribution in [0.15, 0.2) is 88.6 Å². The van der Waals surface area contributed by atoms with Gasteiger partial charge in [0.15, 0.2) is 0 Å². The van der Waals surface area contributed by atoms with Gasteiger partial charge in [0.2, 0.25) is 5.89 Å². The smallest absolute Gasteiger partial charge is 0.213 e. The summed E-state index contributed by atoms with van der Waals surface area (Å²) in [7, 11) is 4.08. The number of nitrogens with zero attached hydrogens (tertiary/aromatic N) is 4. The minimum atomic E-state index is -0.258. The predicted octanol–water partition coefficient (Wildman–Crippen LogP) is 6.08. The Bertz CT molecular complexity index is 1280. The van der Waals surface area contributed by atoms with Crippen LogP contribution in [0, 0.1) is 5.82 Å². The van der Waals surface area contributed by atoms with E-state index in [0.29, 0.717) is 12.4 Å². The van der Waals surface area contributed by atoms with Crippen LogP contribution in [0.5, 0.6) is 0 Å². The van der Waals surface area contributed by atoms with Crippen LogP contribution in [0.25, 0.3) is 0 Å². The molecule has 0 unspecified atom stereocenters. The Kier molecular flexibility index (Phi) is 6.12. The molecule has 0 aliphatic carbocycles. The second-order valence-corrected chi connectivity index (χ2v) is 8.72. The first kappa shape index (κ1) is 21.9. The molecule has 0 saturated heterocycles. The van der Waals surface area contributed by atoms with E-state index in [-0.39, 0.29) is 5.82 Å². The fourth-order valence-electron chi connectivity index (χ4n) is 4.20. The molecule has 4 aromatic rings. The number of aryl methyl sites for hydroxylation is 2. The lowest BCUT2D eigenvalue weighted by molar-refractivity contribution is 0.495. The summed E-state index contributed by atoms with van der Waals surface area (Å²) in [5, 5.41) is 0. The molecular weight excluding hydrogens is 427 g/mol. The number of anilines is 2. The molecule has 1 aromatic heterocycles. The van der Waals surface area contributed by atoms with E-state index in [2.05, 4.69) is 57.2 Å². The molecule has 0 saturated carbocycles. The summed E-state index contributed by atoms with van der Waals surface area (Å²) >= 11 is 0. The average molecular weight is 455 g/mol. The lowest BCUT2D eigenvalue weighted by Crippen LogP contribution is -2.21. The molecular formula is C28H27FN4O. The van der Waals surface area contributed by atoms with Crippen LogP contribution in [-0.2, 0) is 25.8 Å². The molecule has 172 valence electrons. The summed E-state index contributed by atoms with van der Waals surface area (Å²) in [6.45, 7) is 0.462. The van der Waals surface area contributed by atoms with Gasteiger partial charge in [0.25, 0.3) is 0 Å². The maximum atomic E-state index is 13.5. The second kappa shape index (κ2) is 9.51. The zero-order valence-electron chi connectivity index (χ0n) is 19.4. The highest BCUT2D eigenvalue weighted by Crippen LogP contribution is 2.30. The minimum Gasteiger partial charge on any atom is -0.447 e. The molecule has 0 fully saturated rings. The van der Waals surface area contributed by atoms with Gasteiger partial charge in [-0.1, -0.05) is 24.3 Å². The fraction of sp³-hybridized carbons (Fsp3) is 0.214. The van der Waals surface area contributed by atoms with Crippen molar-refractivity contribution in [2.45, 2.75) is 25.8 Å². The van der Waals surface area contributed by atoms with Crippen LogP contribution >= 0.6 is 0 Å². The molecule has 0 atom stereocenters. The zero-order valence-corrected chi connectivity index (χ0v) is 19.4. The standard InChI is InChI=1S/C28H27FN4O/c1-32(2)27-18-22-17-21(7-14-26(22)31-27)4-3-20-5-10-24(11-6-20)33(19-28-30-15-16-34-28)25-12-8-23(29)9-13-25/h5-17H,3-4,18-19H2,1-2H3. The van der Waals surface area contributed by atoms with Crippen LogP contribution in [0.4, 0.5) is 21.5 Å². The summed E-state index contributed by atoms with van der Waals surface area (Å²) in [4.78, 5) is 13.1. The molecule has 0 N–H and O–H groups in total. The van der Waals surface area contributed by atoms with Crippen LogP contribution in [0.3, 0.4) is 0 Å². The van der Waals surface area contributed by atoms with Crippen molar-refractivity contribution in [3.05, 3.63) is 108 Å². The van der Waals surface area contributed by atoms with Crippen molar-refractivity contribution in [3.8, 4) is 0 Å². The number of aromatic nitrogens is 1. The molecule has 6 heteroatoms. The highest BCUT2D eigenvalue weighted by atomic mass is 19.1. The lowest BCUT2D eigenvalue weighted by Gasteiger charge is -2.24. The predicted molar refractivity (Wildman–Crippen MR) is 134 cm³/mol. The van der Waals surface area contributed by atoms with E-state index in [9.17, 15) is 4.39 Å². The molecule has 2 heterocycles. The van der Waals surface area contributed by atoms with Gasteiger partial charge < -0.3 is 14.2 Å². The van der Waals surface area contributed by atoms with Crippen LogP contribution in [0.2, 0.25) is 0 Å². The third-order valence-corrected chi connectivity index (χ3v) is 6.12. The molecule has 5 nitrogen and oxygen atoms in total. The lowest BCUT2D eigenvalue weighted by atomic mass is 10.0. The fourth-order valence-corrected chi connectivity index (χ4v) is 4.20. The van der Waals surface area contributed by atoms with E-state index >= 15 is 0 Å². The number of hydrogen-bond acceptors (Lipinski definition) is 5. The number of aliphatic imine (C=N–C) groups is 1. The average Bonchev–Trinajstić information content (AvgIpc) is 3.52. The second-order valence-electron chi connectivity index (χ2n) is 8.72. The first-order valence-corrected chi connectivity index (χ1v) is 11.4. The molecule has 1 aliphatic rings. The topological polar surface area (TPSA) is 44.9 Å². The third kappa shape index (κ3) is 4.86. The summed E-state index contributed by atoms with van der Waals surface area (Å²) in [6, 6.07) is 21.6. The van der Waals surface area contributed by atoms with Crippen molar-refractivity contribution in [2.75, 3.05) is 19.0 Å². The maximum Gasteiger partial charge on any atom is 0.213 e. The van der Waals surface area contributed by atoms with Crippen molar-refractivity contribution < 1.29 is 8.81 Å². The first-order chi connectivity index (χ1) is 16.5. The normalized spacial score (nSPS) is 12.4. The van der Waals surface area contributed by atoms with Crippen LogP contribution in [-0.4, -0.2) is 29.8 Å². The van der Waals surface area contributed by atoms with Gasteiger partial charge in [-0.15, -0.1) is 0 Å². The van der Waals surface area contributed by atoms with Gasteiger partial charge in [-0.2, -0.15) is 0 Å². The van der Waals surface area contributed by atoms with E-state index < -0.39 is 0 Å². The summed E-state index contributed by atoms with van der Waals surface area (Å²) in [5.74, 6) is 1.45. The van der Waals surface area contributed by atoms with Crippen molar-refractivity contribution in [1.82, 2.24) is 9.88 Å². The molecule has 0 amide bonds. The number of halogens is 1. The van der Waals surface area contributed by atoms with Crippen molar-refractivity contribution in [3.63, 3.8) is 0 Å². The number of hydrogen-bond donors (Lipinski definition) is 0. The molecule has 0 bridgehead atoms. The summed E-state index contributed by atoms with van der Waals surface area (Å²) in [6.07, 6.45) is 6.02. The maximum absolute atomic E-state index is 13.5. The van der Waals surface area contributed by atoms with Gasteiger partial charge in [0.05, 0.1) is 18.4 Å². The first-order valence-electron chi connectivity index (χ1n) is 11.4. The summed E-state index contributed by atoms with van der Waals surface area (Å²) in [5.41, 5.74) is 6.87. The third-order valence-electron chi connectivity index (χ3n) is 6.12. The van der Waals surface area contributed by atoms with Gasteiger partial charge in [0, 0.05) is 31.9 Å². The SMILES string of the molecule is CN(C)C1=Nc2ccc(CCc3ccc(N(Cc4ncco4)c4ccc(F)cc4)cc3)cc2C1. The van der Waals surface area contributed by atoms with E-state index in [1.165, 1.54) is 28.8 Å². The van der Waals surface area contributed by atoms with Crippen LogP contribution < -0.4 is 4.90 Å². The molecule has 1 aliphatic heterocycles. The van der Waals surface area contributed by atoms with Crippen molar-refractivity contribution in [2.24, 2.45) is 4.99 Å². The Morgan fingerprint density at radius 2 is 1.56 bits per heavy atom. The van der Waals surface area contributed by atoms with E-state index in [4.69, 9.17) is 9.41 Å². The Morgan fingerprint density at radius 1 is 0.882 bits per heavy atom. The molecule has 0 spiro atoms. The number of rotatable bonds is 7. The van der Waals surface area contributed by atoms with Gasteiger partial charge in [-0.25, -0.2) is 14.4 Å². The van der Waals surface area contributed by atoms with Crippen molar-refractivity contribution in [1.29, 1.82) is 0 Å². The number of oxazole rings is 1. The highest BCUT2D eigenvalue weighted by molar-refractivity contribution is 5.92. The Labute approximate surface area is 199 Å². The largest absolute Gasteiger partial charge is 0.447 e. The van der Waals surface area contributed by atoms with Gasteiger partial charge in [-0.05, 0) is 72.0 Å². The van der Waals surface area contributed by atoms with E-state index in [1.807, 2.05) is 14.1 Å². The summed E-state index contributed by atoms with van der Waals surface area (Å²) < 4.78 is 18.9. The van der Waals surface area contributed by atoms with Gasteiger partial charge in [0.1, 0.15) is 17.9 Å². The van der Waals surface area contributed by atoms with Gasteiger partial charge in [-0.3, -0.25) is 0 Å². The monoisotopic (exact) mass is 454 g/mol. The Hall–Kier alpha value is -3.93. The number of fused-ring (bicyclic) bond motifs is 1. The van der Waals surface area contributed by atoms with Crippen LogP contribution in [0.1, 0.15) is 22.6 Å². The molecule has 0 radical (unpaired) electrons. The minimum absolute atomic E-state index is 0.258. The van der Waals surface area contributed by atoms with Gasteiger partial charge >= 0.3 is 0 Å². The Morgan fingerprint density at radius 3 is 2.24 bits per heavy atom. The molecule has 5 rings (SSSR count). The number of amidine groups is 1. The quantitative estimate of drug-likeness (QED) is 0.339. The van der Waals surface area contributed by atoms with E-state index in [1.54, 1.807) is 24.6 Å². The number of benzene rings is 3. The Balaban J connectivity index is 1.28. The molecule has 34 heavy (non-hydrogen) atoms. The van der Waals surface area contributed by atoms with Crippen molar-refractivity contribution >= 4 is 22.9 Å². The number of likely N-dealkylation sites (N-methyl/N-ethyl adjacent to an activating group) is 1. The van der Waals surface area contributed by atoms with E-state index in [0.717, 1.165) is 42.2 Å². The highest BCUT2D eigenvalue weighted by Gasteiger charge is 2.16. The zero-order chi connectivity index (χ0) is 23.5. The molecule has 3 aromatic carbocycles.